The number of cyclic esters (lactones) is 1. The summed E-state index contributed by atoms with van der Waals surface area (Å²) in [4.78, 5) is 10.8. The first-order chi connectivity index (χ1) is 7.25. The summed E-state index contributed by atoms with van der Waals surface area (Å²) in [6.45, 7) is 0. The van der Waals surface area contributed by atoms with Gasteiger partial charge in [-0.3, -0.25) is 0 Å². The number of carbonyl (C=O) groups excluding carboxylic acids is 1. The SMILES string of the molecule is O=C1C=C[C@@H]([C@@H](O)Cc2ccccc2)O1. The first-order valence-corrected chi connectivity index (χ1v) is 4.86. The second-order valence-electron chi connectivity index (χ2n) is 3.52. The minimum atomic E-state index is -0.671. The van der Waals surface area contributed by atoms with Gasteiger partial charge in [-0.2, -0.15) is 0 Å². The lowest BCUT2D eigenvalue weighted by atomic mass is 10.0. The summed E-state index contributed by atoms with van der Waals surface area (Å²) >= 11 is 0. The molecule has 2 rings (SSSR count). The molecule has 1 aromatic carbocycles. The van der Waals surface area contributed by atoms with Crippen LogP contribution in [0.15, 0.2) is 42.5 Å². The molecule has 0 saturated carbocycles. The lowest BCUT2D eigenvalue weighted by Crippen LogP contribution is -2.27. The standard InChI is InChI=1S/C12H12O3/c13-10(11-6-7-12(14)15-11)8-9-4-2-1-3-5-9/h1-7,10-11,13H,8H2/t10-,11-/m0/s1. The van der Waals surface area contributed by atoms with Crippen LogP contribution in [0.2, 0.25) is 0 Å². The molecule has 0 bridgehead atoms. The second-order valence-corrected chi connectivity index (χ2v) is 3.52. The zero-order valence-electron chi connectivity index (χ0n) is 8.17. The Morgan fingerprint density at radius 3 is 2.67 bits per heavy atom. The molecule has 0 amide bonds. The quantitative estimate of drug-likeness (QED) is 0.749. The molecule has 1 N–H and O–H groups in total. The van der Waals surface area contributed by atoms with Gasteiger partial charge in [-0.05, 0) is 11.6 Å². The van der Waals surface area contributed by atoms with Crippen molar-refractivity contribution in [3.05, 3.63) is 48.0 Å². The van der Waals surface area contributed by atoms with Crippen LogP contribution in [0.4, 0.5) is 0 Å². The van der Waals surface area contributed by atoms with Crippen molar-refractivity contribution in [2.45, 2.75) is 18.6 Å². The maximum absolute atomic E-state index is 10.8. The zero-order valence-corrected chi connectivity index (χ0v) is 8.17. The van der Waals surface area contributed by atoms with E-state index in [1.165, 1.54) is 6.08 Å². The van der Waals surface area contributed by atoms with E-state index in [4.69, 9.17) is 4.74 Å². The summed E-state index contributed by atoms with van der Waals surface area (Å²) in [5.74, 6) is -0.382. The molecule has 1 aliphatic heterocycles. The Bertz CT molecular complexity index is 370. The van der Waals surface area contributed by atoms with E-state index >= 15 is 0 Å². The molecular weight excluding hydrogens is 192 g/mol. The van der Waals surface area contributed by atoms with Crippen LogP contribution < -0.4 is 0 Å². The van der Waals surface area contributed by atoms with E-state index in [-0.39, 0.29) is 5.97 Å². The lowest BCUT2D eigenvalue weighted by molar-refractivity contribution is -0.142. The number of aliphatic hydroxyl groups is 1. The van der Waals surface area contributed by atoms with Gasteiger partial charge in [-0.1, -0.05) is 30.3 Å². The van der Waals surface area contributed by atoms with Crippen LogP contribution in [-0.2, 0) is 16.0 Å². The van der Waals surface area contributed by atoms with E-state index in [0.29, 0.717) is 6.42 Å². The number of hydrogen-bond donors (Lipinski definition) is 1. The van der Waals surface area contributed by atoms with Gasteiger partial charge in [0.1, 0.15) is 6.10 Å². The number of rotatable bonds is 3. The molecule has 1 heterocycles. The van der Waals surface area contributed by atoms with Crippen molar-refractivity contribution >= 4 is 5.97 Å². The molecule has 3 nitrogen and oxygen atoms in total. The molecule has 78 valence electrons. The average molecular weight is 204 g/mol. The summed E-state index contributed by atoms with van der Waals surface area (Å²) in [6.07, 6.45) is 2.26. The third-order valence-corrected chi connectivity index (χ3v) is 2.34. The molecule has 0 aliphatic carbocycles. The highest BCUT2D eigenvalue weighted by Gasteiger charge is 2.24. The summed E-state index contributed by atoms with van der Waals surface area (Å²) < 4.78 is 4.90. The summed E-state index contributed by atoms with van der Waals surface area (Å²) in [7, 11) is 0. The highest BCUT2D eigenvalue weighted by Crippen LogP contribution is 2.13. The number of esters is 1. The number of carbonyl (C=O) groups is 1. The van der Waals surface area contributed by atoms with Crippen LogP contribution in [0.5, 0.6) is 0 Å². The summed E-state index contributed by atoms with van der Waals surface area (Å²) in [6, 6.07) is 9.62. The van der Waals surface area contributed by atoms with Gasteiger partial charge in [0.25, 0.3) is 0 Å². The van der Waals surface area contributed by atoms with Gasteiger partial charge >= 0.3 is 5.97 Å². The fourth-order valence-corrected chi connectivity index (χ4v) is 1.56. The van der Waals surface area contributed by atoms with Gasteiger partial charge in [0.2, 0.25) is 0 Å². The highest BCUT2D eigenvalue weighted by molar-refractivity contribution is 5.84. The topological polar surface area (TPSA) is 46.5 Å². The molecule has 1 aliphatic rings. The molecule has 0 spiro atoms. The van der Waals surface area contributed by atoms with Gasteiger partial charge in [0.15, 0.2) is 0 Å². The Balaban J connectivity index is 1.96. The third-order valence-electron chi connectivity index (χ3n) is 2.34. The van der Waals surface area contributed by atoms with Crippen LogP contribution in [0.25, 0.3) is 0 Å². The van der Waals surface area contributed by atoms with Crippen molar-refractivity contribution in [1.29, 1.82) is 0 Å². The normalized spacial score (nSPS) is 21.4. The van der Waals surface area contributed by atoms with E-state index in [1.54, 1.807) is 6.08 Å². The van der Waals surface area contributed by atoms with E-state index in [9.17, 15) is 9.90 Å². The van der Waals surface area contributed by atoms with Crippen LogP contribution in [-0.4, -0.2) is 23.3 Å². The smallest absolute Gasteiger partial charge is 0.331 e. The van der Waals surface area contributed by atoms with Crippen LogP contribution in [0.1, 0.15) is 5.56 Å². The first kappa shape index (κ1) is 9.93. The Kier molecular flexibility index (Phi) is 2.83. The van der Waals surface area contributed by atoms with E-state index in [0.717, 1.165) is 5.56 Å². The van der Waals surface area contributed by atoms with Gasteiger partial charge < -0.3 is 9.84 Å². The number of benzene rings is 1. The molecule has 1 aromatic rings. The fourth-order valence-electron chi connectivity index (χ4n) is 1.56. The fraction of sp³-hybridized carbons (Fsp3) is 0.250. The minimum Gasteiger partial charge on any atom is -0.452 e. The Labute approximate surface area is 88.0 Å². The Morgan fingerprint density at radius 2 is 2.07 bits per heavy atom. The summed E-state index contributed by atoms with van der Waals surface area (Å²) in [5, 5.41) is 9.79. The molecule has 0 unspecified atom stereocenters. The van der Waals surface area contributed by atoms with Crippen LogP contribution >= 0.6 is 0 Å². The molecule has 0 radical (unpaired) electrons. The Hall–Kier alpha value is -1.61. The Morgan fingerprint density at radius 1 is 1.33 bits per heavy atom. The van der Waals surface area contributed by atoms with Crippen molar-refractivity contribution in [2.75, 3.05) is 0 Å². The van der Waals surface area contributed by atoms with Gasteiger partial charge in [-0.15, -0.1) is 0 Å². The maximum Gasteiger partial charge on any atom is 0.331 e. The van der Waals surface area contributed by atoms with Crippen molar-refractivity contribution < 1.29 is 14.6 Å². The van der Waals surface area contributed by atoms with Crippen molar-refractivity contribution in [1.82, 2.24) is 0 Å². The molecular formula is C12H12O3. The minimum absolute atomic E-state index is 0.382. The number of ether oxygens (including phenoxy) is 1. The largest absolute Gasteiger partial charge is 0.452 e. The second kappa shape index (κ2) is 4.28. The predicted molar refractivity (Wildman–Crippen MR) is 55.2 cm³/mol. The van der Waals surface area contributed by atoms with Gasteiger partial charge in [0, 0.05) is 12.5 Å². The van der Waals surface area contributed by atoms with Crippen molar-refractivity contribution in [2.24, 2.45) is 0 Å². The zero-order chi connectivity index (χ0) is 10.7. The lowest BCUT2D eigenvalue weighted by Gasteiger charge is -2.15. The molecule has 0 aromatic heterocycles. The summed E-state index contributed by atoms with van der Waals surface area (Å²) in [5.41, 5.74) is 1.03. The molecule has 3 heteroatoms. The first-order valence-electron chi connectivity index (χ1n) is 4.86. The molecule has 0 fully saturated rings. The third kappa shape index (κ3) is 2.44. The van der Waals surface area contributed by atoms with Crippen LogP contribution in [0.3, 0.4) is 0 Å². The van der Waals surface area contributed by atoms with E-state index in [2.05, 4.69) is 0 Å². The highest BCUT2D eigenvalue weighted by atomic mass is 16.6. The van der Waals surface area contributed by atoms with Gasteiger partial charge in [-0.25, -0.2) is 4.79 Å². The van der Waals surface area contributed by atoms with Gasteiger partial charge in [0.05, 0.1) is 6.10 Å². The van der Waals surface area contributed by atoms with E-state index in [1.807, 2.05) is 30.3 Å². The predicted octanol–water partition coefficient (Wildman–Crippen LogP) is 1.07. The average Bonchev–Trinajstić information content (AvgIpc) is 2.66. The van der Waals surface area contributed by atoms with E-state index < -0.39 is 12.2 Å². The number of hydrogen-bond acceptors (Lipinski definition) is 3. The number of aliphatic hydroxyl groups excluding tert-OH is 1. The molecule has 2 atom stereocenters. The maximum atomic E-state index is 10.8. The van der Waals surface area contributed by atoms with Crippen molar-refractivity contribution in [3.63, 3.8) is 0 Å². The molecule has 15 heavy (non-hydrogen) atoms. The van der Waals surface area contributed by atoms with Crippen LogP contribution in [0, 0.1) is 0 Å². The molecule has 0 saturated heterocycles. The monoisotopic (exact) mass is 204 g/mol. The van der Waals surface area contributed by atoms with Crippen molar-refractivity contribution in [3.8, 4) is 0 Å².